The number of nitrogens with zero attached hydrogens (tertiary/aromatic N) is 1. The summed E-state index contributed by atoms with van der Waals surface area (Å²) in [6.07, 6.45) is -0.200. The van der Waals surface area contributed by atoms with Gasteiger partial charge in [-0.05, 0) is 27.2 Å². The van der Waals surface area contributed by atoms with Crippen LogP contribution in [-0.2, 0) is 14.3 Å². The fourth-order valence-electron chi connectivity index (χ4n) is 1.98. The van der Waals surface area contributed by atoms with Crippen LogP contribution >= 0.6 is 0 Å². The van der Waals surface area contributed by atoms with Crippen molar-refractivity contribution in [2.24, 2.45) is 0 Å². The Labute approximate surface area is 124 Å². The molecule has 0 spiro atoms. The number of carbonyl (C=O) groups excluding carboxylic acids is 1. The van der Waals surface area contributed by atoms with Crippen molar-refractivity contribution in [2.45, 2.75) is 44.5 Å². The van der Waals surface area contributed by atoms with Crippen LogP contribution in [0.15, 0.2) is 12.7 Å². The number of carboxylic acid groups (broad SMARTS) is 1. The molecule has 1 rings (SSSR count). The van der Waals surface area contributed by atoms with E-state index in [1.165, 1.54) is 11.0 Å². The smallest absolute Gasteiger partial charge is 0.410 e. The first kappa shape index (κ1) is 17.5. The van der Waals surface area contributed by atoms with Gasteiger partial charge in [0.2, 0.25) is 0 Å². The van der Waals surface area contributed by atoms with Crippen molar-refractivity contribution in [3.8, 4) is 0 Å². The number of β-amino-alcohol motifs (C(OH)–C–C–N with tert-alkyl or cyclic N) is 1. The molecule has 2 N–H and O–H groups in total. The minimum absolute atomic E-state index is 0.0717. The maximum absolute atomic E-state index is 12.1. The first-order chi connectivity index (χ1) is 9.56. The molecule has 7 heteroatoms. The first-order valence-electron chi connectivity index (χ1n) is 6.72. The van der Waals surface area contributed by atoms with E-state index in [1.54, 1.807) is 20.8 Å². The SMILES string of the molecule is C=CC[C@@]1(O)CO[C@H](C(=O)O)CN(C(=O)OC(C)(C)C)C1. The lowest BCUT2D eigenvalue weighted by Crippen LogP contribution is -2.48. The number of rotatable bonds is 3. The summed E-state index contributed by atoms with van der Waals surface area (Å²) in [6.45, 7) is 8.25. The second-order valence-electron chi connectivity index (χ2n) is 6.22. The van der Waals surface area contributed by atoms with Crippen LogP contribution < -0.4 is 0 Å². The van der Waals surface area contributed by atoms with Crippen molar-refractivity contribution < 1.29 is 29.3 Å². The Morgan fingerprint density at radius 3 is 2.62 bits per heavy atom. The second kappa shape index (κ2) is 6.44. The number of aliphatic carboxylic acids is 1. The maximum atomic E-state index is 12.1. The van der Waals surface area contributed by atoms with Gasteiger partial charge in [0.25, 0.3) is 0 Å². The van der Waals surface area contributed by atoms with Crippen LogP contribution in [0.5, 0.6) is 0 Å². The summed E-state index contributed by atoms with van der Waals surface area (Å²) in [4.78, 5) is 24.4. The zero-order chi connectivity index (χ0) is 16.3. The van der Waals surface area contributed by atoms with Crippen LogP contribution in [0.25, 0.3) is 0 Å². The van der Waals surface area contributed by atoms with Gasteiger partial charge in [-0.15, -0.1) is 6.58 Å². The van der Waals surface area contributed by atoms with Gasteiger partial charge < -0.3 is 24.6 Å². The van der Waals surface area contributed by atoms with Crippen LogP contribution in [0.3, 0.4) is 0 Å². The highest BCUT2D eigenvalue weighted by Gasteiger charge is 2.39. The number of amides is 1. The molecule has 1 aliphatic heterocycles. The molecule has 0 aliphatic carbocycles. The zero-order valence-corrected chi connectivity index (χ0v) is 12.7. The van der Waals surface area contributed by atoms with E-state index >= 15 is 0 Å². The predicted molar refractivity (Wildman–Crippen MR) is 74.9 cm³/mol. The van der Waals surface area contributed by atoms with Crippen molar-refractivity contribution in [1.82, 2.24) is 4.90 Å². The standard InChI is InChI=1S/C14H23NO6/c1-5-6-14(19)8-15(12(18)21-13(2,3)4)7-10(11(16)17)20-9-14/h5,10,19H,1,6-9H2,2-4H3,(H,16,17)/t10-,14-/m0/s1. The van der Waals surface area contributed by atoms with Gasteiger partial charge in [0, 0.05) is 0 Å². The molecule has 1 fully saturated rings. The molecule has 1 saturated heterocycles. The number of hydrogen-bond donors (Lipinski definition) is 2. The molecule has 21 heavy (non-hydrogen) atoms. The molecule has 7 nitrogen and oxygen atoms in total. The zero-order valence-electron chi connectivity index (χ0n) is 12.7. The molecule has 0 bridgehead atoms. The first-order valence-corrected chi connectivity index (χ1v) is 6.72. The second-order valence-corrected chi connectivity index (χ2v) is 6.22. The van der Waals surface area contributed by atoms with Crippen molar-refractivity contribution in [1.29, 1.82) is 0 Å². The molecule has 0 aromatic carbocycles. The average molecular weight is 301 g/mol. The van der Waals surface area contributed by atoms with E-state index in [1.807, 2.05) is 0 Å². The van der Waals surface area contributed by atoms with Gasteiger partial charge >= 0.3 is 12.1 Å². The number of carboxylic acids is 1. The summed E-state index contributed by atoms with van der Waals surface area (Å²) in [6, 6.07) is 0. The minimum Gasteiger partial charge on any atom is -0.479 e. The van der Waals surface area contributed by atoms with Crippen molar-refractivity contribution >= 4 is 12.1 Å². The molecule has 0 aromatic rings. The van der Waals surface area contributed by atoms with Crippen LogP contribution in [-0.4, -0.2) is 64.2 Å². The lowest BCUT2D eigenvalue weighted by molar-refractivity contribution is -0.152. The number of ether oxygens (including phenoxy) is 2. The number of hydrogen-bond acceptors (Lipinski definition) is 5. The van der Waals surface area contributed by atoms with Gasteiger partial charge in [0.1, 0.15) is 11.2 Å². The van der Waals surface area contributed by atoms with Crippen LogP contribution in [0.2, 0.25) is 0 Å². The lowest BCUT2D eigenvalue weighted by atomic mass is 10.0. The molecule has 120 valence electrons. The molecule has 0 unspecified atom stereocenters. The van der Waals surface area contributed by atoms with Crippen LogP contribution in [0.4, 0.5) is 4.79 Å². The summed E-state index contributed by atoms with van der Waals surface area (Å²) in [5.41, 5.74) is -2.08. The van der Waals surface area contributed by atoms with E-state index < -0.39 is 29.4 Å². The quantitative estimate of drug-likeness (QED) is 0.755. The van der Waals surface area contributed by atoms with E-state index in [0.717, 1.165) is 0 Å². The Balaban J connectivity index is 2.93. The normalized spacial score (nSPS) is 26.9. The Hall–Kier alpha value is -1.60. The monoisotopic (exact) mass is 301 g/mol. The molecule has 0 radical (unpaired) electrons. The summed E-state index contributed by atoms with van der Waals surface area (Å²) in [7, 11) is 0. The highest BCUT2D eigenvalue weighted by molar-refractivity contribution is 5.75. The van der Waals surface area contributed by atoms with Crippen molar-refractivity contribution in [3.05, 3.63) is 12.7 Å². The highest BCUT2D eigenvalue weighted by atomic mass is 16.6. The Morgan fingerprint density at radius 2 is 2.14 bits per heavy atom. The van der Waals surface area contributed by atoms with Crippen LogP contribution in [0, 0.1) is 0 Å². The third-order valence-electron chi connectivity index (χ3n) is 2.88. The molecule has 1 aliphatic rings. The average Bonchev–Trinajstić information content (AvgIpc) is 2.47. The van der Waals surface area contributed by atoms with Gasteiger partial charge in [-0.25, -0.2) is 9.59 Å². The summed E-state index contributed by atoms with van der Waals surface area (Å²) in [5.74, 6) is -1.19. The molecular weight excluding hydrogens is 278 g/mol. The molecule has 2 atom stereocenters. The molecular formula is C14H23NO6. The fraction of sp³-hybridized carbons (Fsp3) is 0.714. The third kappa shape index (κ3) is 5.35. The third-order valence-corrected chi connectivity index (χ3v) is 2.88. The van der Waals surface area contributed by atoms with E-state index in [0.29, 0.717) is 0 Å². The lowest BCUT2D eigenvalue weighted by Gasteiger charge is -2.31. The number of carbonyl (C=O) groups is 2. The fourth-order valence-corrected chi connectivity index (χ4v) is 1.98. The van der Waals surface area contributed by atoms with Crippen molar-refractivity contribution in [2.75, 3.05) is 19.7 Å². The minimum atomic E-state index is -1.37. The molecule has 0 saturated carbocycles. The molecule has 1 heterocycles. The summed E-state index contributed by atoms with van der Waals surface area (Å²) < 4.78 is 10.4. The van der Waals surface area contributed by atoms with Crippen molar-refractivity contribution in [3.63, 3.8) is 0 Å². The van der Waals surface area contributed by atoms with E-state index in [-0.39, 0.29) is 26.1 Å². The summed E-state index contributed by atoms with van der Waals surface area (Å²) >= 11 is 0. The molecule has 0 aromatic heterocycles. The van der Waals surface area contributed by atoms with Gasteiger partial charge in [-0.1, -0.05) is 6.08 Å². The van der Waals surface area contributed by atoms with E-state index in [2.05, 4.69) is 6.58 Å². The largest absolute Gasteiger partial charge is 0.479 e. The Morgan fingerprint density at radius 1 is 1.52 bits per heavy atom. The van der Waals surface area contributed by atoms with Gasteiger partial charge in [0.05, 0.1) is 19.7 Å². The van der Waals surface area contributed by atoms with Gasteiger partial charge in [-0.3, -0.25) is 0 Å². The Kier molecular flexibility index (Phi) is 5.36. The Bertz CT molecular complexity index is 416. The number of aliphatic hydroxyl groups is 1. The van der Waals surface area contributed by atoms with E-state index in [4.69, 9.17) is 14.6 Å². The van der Waals surface area contributed by atoms with E-state index in [9.17, 15) is 14.7 Å². The predicted octanol–water partition coefficient (Wildman–Crippen LogP) is 1.01. The van der Waals surface area contributed by atoms with Crippen LogP contribution in [0.1, 0.15) is 27.2 Å². The summed E-state index contributed by atoms with van der Waals surface area (Å²) in [5, 5.41) is 19.5. The topological polar surface area (TPSA) is 96.3 Å². The van der Waals surface area contributed by atoms with Gasteiger partial charge in [-0.2, -0.15) is 0 Å². The maximum Gasteiger partial charge on any atom is 0.410 e. The van der Waals surface area contributed by atoms with Gasteiger partial charge in [0.15, 0.2) is 6.10 Å². The molecule has 1 amide bonds. The highest BCUT2D eigenvalue weighted by Crippen LogP contribution is 2.21.